The Morgan fingerprint density at radius 2 is 2.30 bits per heavy atom. The van der Waals surface area contributed by atoms with Crippen molar-refractivity contribution >= 4 is 22.4 Å². The van der Waals surface area contributed by atoms with Gasteiger partial charge < -0.3 is 15.8 Å². The van der Waals surface area contributed by atoms with Crippen LogP contribution < -0.4 is 15.8 Å². The van der Waals surface area contributed by atoms with Gasteiger partial charge in [-0.1, -0.05) is 12.1 Å². The first kappa shape index (κ1) is 13.2. The largest absolute Gasteiger partial charge is 0.492 e. The fourth-order valence-electron chi connectivity index (χ4n) is 2.24. The van der Waals surface area contributed by atoms with Crippen LogP contribution in [0.3, 0.4) is 0 Å². The van der Waals surface area contributed by atoms with Crippen molar-refractivity contribution in [1.82, 2.24) is 4.37 Å². The van der Waals surface area contributed by atoms with Gasteiger partial charge in [-0.25, -0.2) is 0 Å². The smallest absolute Gasteiger partial charge is 0.142 e. The number of nitrogens with two attached hydrogens (primary N) is 1. The van der Waals surface area contributed by atoms with Crippen LogP contribution in [0.2, 0.25) is 0 Å². The third-order valence-corrected chi connectivity index (χ3v) is 4.22. The standard InChI is InChI=1S/C15H19N3OS/c1-10-3-2-4-12(9-10)19-8-7-17-15-13(11-5-6-11)14(16)18-20-15/h2-4,9,11,17H,5-8H2,1H3,(H2,16,18). The van der Waals surface area contributed by atoms with Gasteiger partial charge >= 0.3 is 0 Å². The number of anilines is 2. The monoisotopic (exact) mass is 289 g/mol. The highest BCUT2D eigenvalue weighted by atomic mass is 32.1. The van der Waals surface area contributed by atoms with Gasteiger partial charge in [0.1, 0.15) is 23.2 Å². The molecule has 20 heavy (non-hydrogen) atoms. The summed E-state index contributed by atoms with van der Waals surface area (Å²) in [4.78, 5) is 0. The number of nitrogens with one attached hydrogen (secondary N) is 1. The molecule has 0 atom stereocenters. The number of ether oxygens (including phenoxy) is 1. The quantitative estimate of drug-likeness (QED) is 0.800. The second-order valence-corrected chi connectivity index (χ2v) is 5.95. The molecule has 0 bridgehead atoms. The van der Waals surface area contributed by atoms with E-state index in [0.717, 1.165) is 17.3 Å². The fourth-order valence-corrected chi connectivity index (χ4v) is 3.07. The average molecular weight is 289 g/mol. The van der Waals surface area contributed by atoms with E-state index in [2.05, 4.69) is 22.7 Å². The molecule has 3 N–H and O–H groups in total. The van der Waals surface area contributed by atoms with Crippen molar-refractivity contribution in [3.8, 4) is 5.75 Å². The third-order valence-electron chi connectivity index (χ3n) is 3.39. The summed E-state index contributed by atoms with van der Waals surface area (Å²) in [5.74, 6) is 2.23. The lowest BCUT2D eigenvalue weighted by Gasteiger charge is -2.09. The number of hydrogen-bond donors (Lipinski definition) is 2. The number of hydrogen-bond acceptors (Lipinski definition) is 5. The summed E-state index contributed by atoms with van der Waals surface area (Å²) in [6.45, 7) is 3.45. The highest BCUT2D eigenvalue weighted by molar-refractivity contribution is 7.10. The summed E-state index contributed by atoms with van der Waals surface area (Å²) in [7, 11) is 0. The normalized spacial score (nSPS) is 14.2. The maximum absolute atomic E-state index is 5.92. The maximum atomic E-state index is 5.92. The molecule has 0 spiro atoms. The summed E-state index contributed by atoms with van der Waals surface area (Å²) in [5.41, 5.74) is 8.35. The van der Waals surface area contributed by atoms with Crippen molar-refractivity contribution in [3.05, 3.63) is 35.4 Å². The first-order valence-corrected chi connectivity index (χ1v) is 7.70. The Morgan fingerprint density at radius 3 is 3.05 bits per heavy atom. The minimum atomic E-state index is 0.619. The van der Waals surface area contributed by atoms with Gasteiger partial charge in [-0.3, -0.25) is 0 Å². The van der Waals surface area contributed by atoms with Gasteiger partial charge in [0.15, 0.2) is 0 Å². The van der Waals surface area contributed by atoms with Gasteiger partial charge in [0.05, 0.1) is 0 Å². The van der Waals surface area contributed by atoms with Crippen LogP contribution in [0.15, 0.2) is 24.3 Å². The number of benzene rings is 1. The van der Waals surface area contributed by atoms with Gasteiger partial charge in [-0.2, -0.15) is 4.37 Å². The van der Waals surface area contributed by atoms with Crippen molar-refractivity contribution in [2.24, 2.45) is 0 Å². The number of rotatable bonds is 6. The molecule has 1 heterocycles. The molecule has 1 aromatic heterocycles. The molecule has 0 aliphatic heterocycles. The van der Waals surface area contributed by atoms with E-state index in [4.69, 9.17) is 10.5 Å². The summed E-state index contributed by atoms with van der Waals surface area (Å²) >= 11 is 1.45. The predicted octanol–water partition coefficient (Wildman–Crippen LogP) is 3.40. The summed E-state index contributed by atoms with van der Waals surface area (Å²) in [6.07, 6.45) is 2.47. The second kappa shape index (κ2) is 5.71. The number of aromatic nitrogens is 1. The Morgan fingerprint density at radius 1 is 1.45 bits per heavy atom. The zero-order chi connectivity index (χ0) is 13.9. The Labute approximate surface area is 123 Å². The zero-order valence-electron chi connectivity index (χ0n) is 11.6. The van der Waals surface area contributed by atoms with E-state index in [0.29, 0.717) is 18.3 Å². The van der Waals surface area contributed by atoms with Crippen LogP contribution >= 0.6 is 11.5 Å². The van der Waals surface area contributed by atoms with E-state index >= 15 is 0 Å². The van der Waals surface area contributed by atoms with E-state index in [1.807, 2.05) is 18.2 Å². The second-order valence-electron chi connectivity index (χ2n) is 5.18. The minimum Gasteiger partial charge on any atom is -0.492 e. The van der Waals surface area contributed by atoms with Gasteiger partial charge in [-0.15, -0.1) is 0 Å². The molecule has 0 radical (unpaired) electrons. The first-order valence-electron chi connectivity index (χ1n) is 6.92. The molecule has 1 aliphatic rings. The number of nitrogens with zero attached hydrogens (tertiary/aromatic N) is 1. The molecule has 2 aromatic rings. The van der Waals surface area contributed by atoms with Crippen LogP contribution in [-0.2, 0) is 0 Å². The van der Waals surface area contributed by atoms with Crippen molar-refractivity contribution in [3.63, 3.8) is 0 Å². The molecule has 0 amide bonds. The van der Waals surface area contributed by atoms with Gasteiger partial charge in [0.2, 0.25) is 0 Å². The molecular weight excluding hydrogens is 270 g/mol. The SMILES string of the molecule is Cc1cccc(OCCNc2snc(N)c2C2CC2)c1. The van der Waals surface area contributed by atoms with E-state index in [9.17, 15) is 0 Å². The molecule has 1 aliphatic carbocycles. The minimum absolute atomic E-state index is 0.619. The molecule has 4 nitrogen and oxygen atoms in total. The molecule has 5 heteroatoms. The van der Waals surface area contributed by atoms with Crippen molar-refractivity contribution in [2.45, 2.75) is 25.7 Å². The van der Waals surface area contributed by atoms with E-state index in [1.54, 1.807) is 0 Å². The summed E-state index contributed by atoms with van der Waals surface area (Å²) in [5, 5.41) is 4.50. The molecule has 1 aromatic carbocycles. The topological polar surface area (TPSA) is 60.2 Å². The van der Waals surface area contributed by atoms with Gasteiger partial charge in [-0.05, 0) is 54.9 Å². The Kier molecular flexibility index (Phi) is 3.78. The highest BCUT2D eigenvalue weighted by Gasteiger charge is 2.30. The Balaban J connectivity index is 1.50. The Bertz CT molecular complexity index is 593. The lowest BCUT2D eigenvalue weighted by Crippen LogP contribution is -2.11. The van der Waals surface area contributed by atoms with E-state index in [-0.39, 0.29) is 0 Å². The van der Waals surface area contributed by atoms with Gasteiger partial charge in [0, 0.05) is 12.1 Å². The van der Waals surface area contributed by atoms with Crippen LogP contribution in [0.4, 0.5) is 10.8 Å². The Hall–Kier alpha value is -1.75. The van der Waals surface area contributed by atoms with Gasteiger partial charge in [0.25, 0.3) is 0 Å². The lowest BCUT2D eigenvalue weighted by atomic mass is 10.2. The first-order chi connectivity index (χ1) is 9.74. The van der Waals surface area contributed by atoms with Crippen LogP contribution in [0.1, 0.15) is 29.9 Å². The predicted molar refractivity (Wildman–Crippen MR) is 83.7 cm³/mol. The number of aryl methyl sites for hydroxylation is 1. The lowest BCUT2D eigenvalue weighted by molar-refractivity contribution is 0.333. The van der Waals surface area contributed by atoms with Crippen LogP contribution in [-0.4, -0.2) is 17.5 Å². The highest BCUT2D eigenvalue weighted by Crippen LogP contribution is 2.47. The molecule has 1 fully saturated rings. The van der Waals surface area contributed by atoms with Crippen molar-refractivity contribution < 1.29 is 4.74 Å². The molecule has 0 unspecified atom stereocenters. The molecule has 1 saturated carbocycles. The summed E-state index contributed by atoms with van der Waals surface area (Å²) in [6, 6.07) is 8.09. The molecule has 3 rings (SSSR count). The van der Waals surface area contributed by atoms with Crippen molar-refractivity contribution in [2.75, 3.05) is 24.2 Å². The van der Waals surface area contributed by atoms with E-state index < -0.39 is 0 Å². The number of nitrogen functional groups attached to an aromatic ring is 1. The average Bonchev–Trinajstić information content (AvgIpc) is 3.19. The van der Waals surface area contributed by atoms with Crippen molar-refractivity contribution in [1.29, 1.82) is 0 Å². The summed E-state index contributed by atoms with van der Waals surface area (Å²) < 4.78 is 9.96. The van der Waals surface area contributed by atoms with E-state index in [1.165, 1.54) is 35.5 Å². The van der Waals surface area contributed by atoms with Crippen LogP contribution in [0.25, 0.3) is 0 Å². The molecular formula is C15H19N3OS. The third kappa shape index (κ3) is 3.04. The molecule has 0 saturated heterocycles. The maximum Gasteiger partial charge on any atom is 0.142 e. The van der Waals surface area contributed by atoms with Crippen LogP contribution in [0.5, 0.6) is 5.75 Å². The van der Waals surface area contributed by atoms with Crippen LogP contribution in [0, 0.1) is 6.92 Å². The molecule has 106 valence electrons. The zero-order valence-corrected chi connectivity index (χ0v) is 12.4. The fraction of sp³-hybridized carbons (Fsp3) is 0.400.